The van der Waals surface area contributed by atoms with Gasteiger partial charge in [-0.05, 0) is 23.8 Å². The van der Waals surface area contributed by atoms with Crippen LogP contribution in [0.5, 0.6) is 0 Å². The number of amides is 1. The Morgan fingerprint density at radius 1 is 1.22 bits per heavy atom. The molecule has 2 N–H and O–H groups in total. The molecule has 0 bridgehead atoms. The third kappa shape index (κ3) is 3.11. The average Bonchev–Trinajstić information content (AvgIpc) is 3.11. The number of carboxylic acid groups (broad SMARTS) is 1. The lowest BCUT2D eigenvalue weighted by atomic mass is 9.97. The van der Waals surface area contributed by atoms with Crippen LogP contribution in [-0.4, -0.2) is 29.6 Å². The Labute approximate surface area is 136 Å². The first-order chi connectivity index (χ1) is 10.9. The van der Waals surface area contributed by atoms with Gasteiger partial charge in [-0.25, -0.2) is 0 Å². The fourth-order valence-electron chi connectivity index (χ4n) is 3.71. The van der Waals surface area contributed by atoms with Crippen molar-refractivity contribution in [3.05, 3.63) is 35.9 Å². The second-order valence-electron chi connectivity index (χ2n) is 7.11. The number of carboxylic acids is 1. The van der Waals surface area contributed by atoms with Gasteiger partial charge in [0.1, 0.15) is 0 Å². The Bertz CT molecular complexity index is 598. The summed E-state index contributed by atoms with van der Waals surface area (Å²) < 4.78 is 5.81. The normalized spacial score (nSPS) is 32.1. The fourth-order valence-corrected chi connectivity index (χ4v) is 3.71. The highest BCUT2D eigenvalue weighted by atomic mass is 16.5. The van der Waals surface area contributed by atoms with Crippen molar-refractivity contribution in [3.63, 3.8) is 0 Å². The lowest BCUT2D eigenvalue weighted by Crippen LogP contribution is -2.41. The van der Waals surface area contributed by atoms with E-state index in [1.165, 1.54) is 0 Å². The van der Waals surface area contributed by atoms with Crippen LogP contribution >= 0.6 is 0 Å². The first-order valence-corrected chi connectivity index (χ1v) is 8.11. The molecule has 1 aliphatic heterocycles. The maximum Gasteiger partial charge on any atom is 0.307 e. The summed E-state index contributed by atoms with van der Waals surface area (Å²) in [5.41, 5.74) is 0.654. The van der Waals surface area contributed by atoms with Crippen LogP contribution in [0.1, 0.15) is 38.4 Å². The highest BCUT2D eigenvalue weighted by molar-refractivity contribution is 5.91. The second kappa shape index (κ2) is 5.96. The highest BCUT2D eigenvalue weighted by Crippen LogP contribution is 2.58. The predicted octanol–water partition coefficient (Wildman–Crippen LogP) is 2.38. The van der Waals surface area contributed by atoms with Crippen LogP contribution in [0, 0.1) is 17.3 Å². The molecule has 1 aromatic carbocycles. The summed E-state index contributed by atoms with van der Waals surface area (Å²) >= 11 is 0. The summed E-state index contributed by atoms with van der Waals surface area (Å²) in [7, 11) is 0. The summed E-state index contributed by atoms with van der Waals surface area (Å²) in [4.78, 5) is 23.7. The number of nitrogens with one attached hydrogen (secondary N) is 1. The molecular formula is C18H23NO4. The maximum atomic E-state index is 12.4. The molecule has 0 spiro atoms. The van der Waals surface area contributed by atoms with Gasteiger partial charge in [-0.1, -0.05) is 44.2 Å². The molecule has 1 amide bonds. The Morgan fingerprint density at radius 2 is 1.91 bits per heavy atom. The molecule has 124 valence electrons. The van der Waals surface area contributed by atoms with Crippen molar-refractivity contribution in [1.29, 1.82) is 0 Å². The molecule has 23 heavy (non-hydrogen) atoms. The molecule has 0 radical (unpaired) electrons. The number of ether oxygens (including phenoxy) is 1. The molecule has 1 aromatic rings. The third-order valence-electron chi connectivity index (χ3n) is 5.18. The lowest BCUT2D eigenvalue weighted by molar-refractivity contribution is -0.140. The van der Waals surface area contributed by atoms with Gasteiger partial charge in [-0.2, -0.15) is 0 Å². The van der Waals surface area contributed by atoms with Crippen LogP contribution < -0.4 is 5.32 Å². The number of rotatable bonds is 4. The van der Waals surface area contributed by atoms with E-state index in [1.54, 1.807) is 0 Å². The topological polar surface area (TPSA) is 75.6 Å². The lowest BCUT2D eigenvalue weighted by Gasteiger charge is -2.30. The summed E-state index contributed by atoms with van der Waals surface area (Å²) in [6, 6.07) is 10.0. The molecule has 5 nitrogen and oxygen atoms in total. The molecule has 2 fully saturated rings. The molecule has 3 rings (SSSR count). The van der Waals surface area contributed by atoms with Crippen LogP contribution in [0.3, 0.4) is 0 Å². The van der Waals surface area contributed by atoms with E-state index >= 15 is 0 Å². The van der Waals surface area contributed by atoms with Crippen LogP contribution in [-0.2, 0) is 14.3 Å². The van der Waals surface area contributed by atoms with Gasteiger partial charge in [0.25, 0.3) is 0 Å². The molecule has 1 saturated carbocycles. The van der Waals surface area contributed by atoms with Gasteiger partial charge in [0.15, 0.2) is 0 Å². The monoisotopic (exact) mass is 317 g/mol. The van der Waals surface area contributed by atoms with Crippen molar-refractivity contribution in [2.45, 2.75) is 38.8 Å². The smallest absolute Gasteiger partial charge is 0.307 e. The largest absolute Gasteiger partial charge is 0.481 e. The zero-order chi connectivity index (χ0) is 16.6. The number of aliphatic carboxylic acids is 1. The van der Waals surface area contributed by atoms with Crippen molar-refractivity contribution in [2.75, 3.05) is 6.61 Å². The van der Waals surface area contributed by atoms with E-state index in [4.69, 9.17) is 4.74 Å². The van der Waals surface area contributed by atoms with Crippen molar-refractivity contribution in [2.24, 2.45) is 17.3 Å². The predicted molar refractivity (Wildman–Crippen MR) is 84.7 cm³/mol. The minimum Gasteiger partial charge on any atom is -0.481 e. The number of carbonyl (C=O) groups excluding carboxylic acids is 1. The fraction of sp³-hybridized carbons (Fsp3) is 0.556. The summed E-state index contributed by atoms with van der Waals surface area (Å²) in [5, 5.41) is 12.2. The molecule has 0 aromatic heterocycles. The van der Waals surface area contributed by atoms with Crippen molar-refractivity contribution in [3.8, 4) is 0 Å². The van der Waals surface area contributed by atoms with E-state index in [1.807, 2.05) is 44.2 Å². The van der Waals surface area contributed by atoms with E-state index < -0.39 is 23.2 Å². The van der Waals surface area contributed by atoms with E-state index in [2.05, 4.69) is 5.32 Å². The van der Waals surface area contributed by atoms with Crippen molar-refractivity contribution in [1.82, 2.24) is 5.32 Å². The Hall–Kier alpha value is -1.88. The SMILES string of the molecule is CC1(C)[C@H](C(=O)O)[C@@H]1C(=O)NC1CCOC(c2ccccc2)C1. The highest BCUT2D eigenvalue weighted by Gasteiger charge is 2.66. The van der Waals surface area contributed by atoms with Gasteiger partial charge in [-0.15, -0.1) is 0 Å². The average molecular weight is 317 g/mol. The maximum absolute atomic E-state index is 12.4. The van der Waals surface area contributed by atoms with E-state index in [-0.39, 0.29) is 18.1 Å². The first kappa shape index (κ1) is 16.0. The van der Waals surface area contributed by atoms with Crippen LogP contribution in [0.25, 0.3) is 0 Å². The molecule has 5 heteroatoms. The van der Waals surface area contributed by atoms with E-state index in [0.717, 1.165) is 18.4 Å². The third-order valence-corrected chi connectivity index (χ3v) is 5.18. The van der Waals surface area contributed by atoms with Crippen molar-refractivity contribution >= 4 is 11.9 Å². The molecular weight excluding hydrogens is 294 g/mol. The van der Waals surface area contributed by atoms with E-state index in [9.17, 15) is 14.7 Å². The van der Waals surface area contributed by atoms with Crippen LogP contribution in [0.2, 0.25) is 0 Å². The van der Waals surface area contributed by atoms with Gasteiger partial charge in [-0.3, -0.25) is 9.59 Å². The van der Waals surface area contributed by atoms with Gasteiger partial charge in [0, 0.05) is 12.6 Å². The number of hydrogen-bond donors (Lipinski definition) is 2. The first-order valence-electron chi connectivity index (χ1n) is 8.11. The minimum atomic E-state index is -0.885. The second-order valence-corrected chi connectivity index (χ2v) is 7.11. The summed E-state index contributed by atoms with van der Waals surface area (Å²) in [6.45, 7) is 4.28. The zero-order valence-electron chi connectivity index (χ0n) is 13.5. The Balaban J connectivity index is 1.60. The number of carbonyl (C=O) groups is 2. The van der Waals surface area contributed by atoms with Crippen LogP contribution in [0.15, 0.2) is 30.3 Å². The zero-order valence-corrected chi connectivity index (χ0v) is 13.5. The molecule has 1 saturated heterocycles. The van der Waals surface area contributed by atoms with Gasteiger partial charge >= 0.3 is 5.97 Å². The van der Waals surface area contributed by atoms with Crippen LogP contribution in [0.4, 0.5) is 0 Å². The van der Waals surface area contributed by atoms with Gasteiger partial charge in [0.05, 0.1) is 17.9 Å². The Kier molecular flexibility index (Phi) is 4.15. The van der Waals surface area contributed by atoms with Gasteiger partial charge < -0.3 is 15.2 Å². The number of hydrogen-bond acceptors (Lipinski definition) is 3. The molecule has 4 atom stereocenters. The standard InChI is InChI=1S/C18H23NO4/c1-18(2)14(15(18)17(21)22)16(20)19-12-8-9-23-13(10-12)11-6-4-3-5-7-11/h3-7,12-15H,8-10H2,1-2H3,(H,19,20)(H,21,22)/t12?,13?,14-,15+/m1/s1. The molecule has 2 unspecified atom stereocenters. The molecule has 1 aliphatic carbocycles. The Morgan fingerprint density at radius 3 is 2.52 bits per heavy atom. The minimum absolute atomic E-state index is 0.0160. The summed E-state index contributed by atoms with van der Waals surface area (Å²) in [5.74, 6) is -2.03. The molecule has 1 heterocycles. The number of benzene rings is 1. The quantitative estimate of drug-likeness (QED) is 0.894. The van der Waals surface area contributed by atoms with Gasteiger partial charge in [0.2, 0.25) is 5.91 Å². The van der Waals surface area contributed by atoms with E-state index in [0.29, 0.717) is 6.61 Å². The molecule has 2 aliphatic rings. The van der Waals surface area contributed by atoms with Crippen molar-refractivity contribution < 1.29 is 19.4 Å². The summed E-state index contributed by atoms with van der Waals surface area (Å²) in [6.07, 6.45) is 1.47.